The Morgan fingerprint density at radius 3 is 2.42 bits per heavy atom. The maximum Gasteiger partial charge on any atom is 0.251 e. The molecule has 6 nitrogen and oxygen atoms in total. The molecule has 0 fully saturated rings. The zero-order chi connectivity index (χ0) is 17.3. The molecule has 126 valence electrons. The summed E-state index contributed by atoms with van der Waals surface area (Å²) in [6, 6.07) is 11.2. The van der Waals surface area contributed by atoms with Gasteiger partial charge in [-0.25, -0.2) is 8.42 Å². The van der Waals surface area contributed by atoms with Gasteiger partial charge in [0.15, 0.2) is 21.3 Å². The summed E-state index contributed by atoms with van der Waals surface area (Å²) >= 11 is 0. The Balaban J connectivity index is 1.72. The van der Waals surface area contributed by atoms with E-state index in [-0.39, 0.29) is 23.6 Å². The number of carbonyl (C=O) groups excluding carboxylic acids is 1. The highest BCUT2D eigenvalue weighted by molar-refractivity contribution is 7.90. The molecular formula is C17H17NO5S. The van der Waals surface area contributed by atoms with E-state index >= 15 is 0 Å². The van der Waals surface area contributed by atoms with Gasteiger partial charge in [-0.05, 0) is 42.8 Å². The summed E-state index contributed by atoms with van der Waals surface area (Å²) in [5.74, 6) is 0.928. The minimum absolute atomic E-state index is 0.156. The summed E-state index contributed by atoms with van der Waals surface area (Å²) in [7, 11) is -3.23. The highest BCUT2D eigenvalue weighted by Gasteiger charge is 2.18. The first-order chi connectivity index (χ1) is 11.3. The van der Waals surface area contributed by atoms with E-state index in [1.807, 2.05) is 6.92 Å². The topological polar surface area (TPSA) is 81.7 Å². The molecule has 0 saturated heterocycles. The summed E-state index contributed by atoms with van der Waals surface area (Å²) in [4.78, 5) is 12.6. The van der Waals surface area contributed by atoms with Crippen LogP contribution in [-0.2, 0) is 9.84 Å². The maximum absolute atomic E-state index is 12.4. The van der Waals surface area contributed by atoms with Crippen molar-refractivity contribution >= 4 is 15.7 Å². The van der Waals surface area contributed by atoms with Gasteiger partial charge in [0.05, 0.1) is 10.9 Å². The first-order valence-corrected chi connectivity index (χ1v) is 9.24. The van der Waals surface area contributed by atoms with Crippen LogP contribution in [0.4, 0.5) is 0 Å². The largest absolute Gasteiger partial charge is 0.454 e. The maximum atomic E-state index is 12.4. The molecule has 0 bridgehead atoms. The third kappa shape index (κ3) is 3.35. The van der Waals surface area contributed by atoms with E-state index in [2.05, 4.69) is 5.32 Å². The summed E-state index contributed by atoms with van der Waals surface area (Å²) in [5.41, 5.74) is 1.29. The van der Waals surface area contributed by atoms with Gasteiger partial charge in [-0.1, -0.05) is 12.1 Å². The van der Waals surface area contributed by atoms with Crippen LogP contribution in [0, 0.1) is 0 Å². The predicted molar refractivity (Wildman–Crippen MR) is 88.0 cm³/mol. The van der Waals surface area contributed by atoms with Crippen LogP contribution in [0.5, 0.6) is 11.5 Å². The lowest BCUT2D eigenvalue weighted by Gasteiger charge is -2.15. The standard InChI is InChI=1S/C17H17NO5S/c1-11(12-3-6-14(7-4-12)24(2,20)21)18-17(19)13-5-8-15-16(9-13)23-10-22-15/h3-9,11H,10H2,1-2H3,(H,18,19). The number of carbonyl (C=O) groups is 1. The monoisotopic (exact) mass is 347 g/mol. The van der Waals surface area contributed by atoms with Gasteiger partial charge in [0.2, 0.25) is 6.79 Å². The SMILES string of the molecule is CC(NC(=O)c1ccc2c(c1)OCO2)c1ccc(S(C)(=O)=O)cc1. The minimum atomic E-state index is -3.23. The summed E-state index contributed by atoms with van der Waals surface area (Å²) in [6.45, 7) is 1.99. The van der Waals surface area contributed by atoms with Gasteiger partial charge < -0.3 is 14.8 Å². The summed E-state index contributed by atoms with van der Waals surface area (Å²) < 4.78 is 33.4. The number of ether oxygens (including phenoxy) is 2. The highest BCUT2D eigenvalue weighted by Crippen LogP contribution is 2.32. The molecule has 24 heavy (non-hydrogen) atoms. The van der Waals surface area contributed by atoms with Crippen molar-refractivity contribution in [3.8, 4) is 11.5 Å². The molecule has 0 radical (unpaired) electrons. The van der Waals surface area contributed by atoms with Crippen LogP contribution in [-0.4, -0.2) is 27.4 Å². The Kier molecular flexibility index (Phi) is 4.19. The minimum Gasteiger partial charge on any atom is -0.454 e. The van der Waals surface area contributed by atoms with Crippen LogP contribution in [0.15, 0.2) is 47.4 Å². The molecule has 1 N–H and O–H groups in total. The quantitative estimate of drug-likeness (QED) is 0.918. The van der Waals surface area contributed by atoms with E-state index in [0.717, 1.165) is 11.8 Å². The van der Waals surface area contributed by atoms with E-state index in [1.54, 1.807) is 30.3 Å². The normalized spacial score (nSPS) is 14.2. The van der Waals surface area contributed by atoms with Crippen LogP contribution >= 0.6 is 0 Å². The second-order valence-corrected chi connectivity index (χ2v) is 7.62. The summed E-state index contributed by atoms with van der Waals surface area (Å²) in [6.07, 6.45) is 1.16. The molecule has 0 aliphatic carbocycles. The molecule has 2 aromatic rings. The fourth-order valence-electron chi connectivity index (χ4n) is 2.40. The number of hydrogen-bond donors (Lipinski definition) is 1. The van der Waals surface area contributed by atoms with Crippen LogP contribution in [0.3, 0.4) is 0 Å². The van der Waals surface area contributed by atoms with Gasteiger partial charge >= 0.3 is 0 Å². The van der Waals surface area contributed by atoms with E-state index in [4.69, 9.17) is 9.47 Å². The molecular weight excluding hydrogens is 330 g/mol. The lowest BCUT2D eigenvalue weighted by Crippen LogP contribution is -2.26. The Bertz CT molecular complexity index is 874. The van der Waals surface area contributed by atoms with Crippen molar-refractivity contribution in [3.63, 3.8) is 0 Å². The number of sulfone groups is 1. The molecule has 1 heterocycles. The van der Waals surface area contributed by atoms with E-state index in [1.165, 1.54) is 12.1 Å². The zero-order valence-electron chi connectivity index (χ0n) is 13.3. The average molecular weight is 347 g/mol. The van der Waals surface area contributed by atoms with Gasteiger partial charge in [0, 0.05) is 11.8 Å². The van der Waals surface area contributed by atoms with Crippen molar-refractivity contribution in [3.05, 3.63) is 53.6 Å². The summed E-state index contributed by atoms with van der Waals surface area (Å²) in [5, 5.41) is 2.88. The van der Waals surface area contributed by atoms with Crippen molar-refractivity contribution in [2.45, 2.75) is 17.9 Å². The molecule has 1 atom stereocenters. The third-order valence-electron chi connectivity index (χ3n) is 3.79. The predicted octanol–water partition coefficient (Wildman–Crippen LogP) is 2.31. The number of nitrogens with one attached hydrogen (secondary N) is 1. The fourth-order valence-corrected chi connectivity index (χ4v) is 3.04. The van der Waals surface area contributed by atoms with Crippen molar-refractivity contribution in [2.24, 2.45) is 0 Å². The van der Waals surface area contributed by atoms with Gasteiger partial charge in [0.25, 0.3) is 5.91 Å². The molecule has 1 aliphatic rings. The Morgan fingerprint density at radius 1 is 1.08 bits per heavy atom. The van der Waals surface area contributed by atoms with E-state index in [0.29, 0.717) is 17.1 Å². The Labute approximate surface area is 140 Å². The van der Waals surface area contributed by atoms with Crippen LogP contribution in [0.2, 0.25) is 0 Å². The van der Waals surface area contributed by atoms with Crippen molar-refractivity contribution < 1.29 is 22.7 Å². The molecule has 7 heteroatoms. The van der Waals surface area contributed by atoms with E-state index in [9.17, 15) is 13.2 Å². The Hall–Kier alpha value is -2.54. The molecule has 3 rings (SSSR count). The second-order valence-electron chi connectivity index (χ2n) is 5.60. The third-order valence-corrected chi connectivity index (χ3v) is 4.92. The van der Waals surface area contributed by atoms with Gasteiger partial charge in [-0.2, -0.15) is 0 Å². The molecule has 0 saturated carbocycles. The number of fused-ring (bicyclic) bond motifs is 1. The number of hydrogen-bond acceptors (Lipinski definition) is 5. The number of benzene rings is 2. The lowest BCUT2D eigenvalue weighted by molar-refractivity contribution is 0.0939. The molecule has 0 spiro atoms. The molecule has 1 amide bonds. The molecule has 1 aliphatic heterocycles. The Morgan fingerprint density at radius 2 is 1.75 bits per heavy atom. The number of amides is 1. The second kappa shape index (κ2) is 6.16. The van der Waals surface area contributed by atoms with Crippen molar-refractivity contribution in [1.29, 1.82) is 0 Å². The van der Waals surface area contributed by atoms with Crippen LogP contribution < -0.4 is 14.8 Å². The highest BCUT2D eigenvalue weighted by atomic mass is 32.2. The van der Waals surface area contributed by atoms with Gasteiger partial charge in [-0.3, -0.25) is 4.79 Å². The first-order valence-electron chi connectivity index (χ1n) is 7.35. The smallest absolute Gasteiger partial charge is 0.251 e. The van der Waals surface area contributed by atoms with Crippen LogP contribution in [0.25, 0.3) is 0 Å². The molecule has 1 unspecified atom stereocenters. The number of rotatable bonds is 4. The average Bonchev–Trinajstić information content (AvgIpc) is 3.01. The first kappa shape index (κ1) is 16.3. The lowest BCUT2D eigenvalue weighted by atomic mass is 10.1. The van der Waals surface area contributed by atoms with E-state index < -0.39 is 9.84 Å². The fraction of sp³-hybridized carbons (Fsp3) is 0.235. The van der Waals surface area contributed by atoms with Crippen molar-refractivity contribution in [1.82, 2.24) is 5.32 Å². The van der Waals surface area contributed by atoms with Gasteiger partial charge in [-0.15, -0.1) is 0 Å². The van der Waals surface area contributed by atoms with Gasteiger partial charge in [0.1, 0.15) is 0 Å². The van der Waals surface area contributed by atoms with Crippen LogP contribution in [0.1, 0.15) is 28.9 Å². The molecule has 0 aromatic heterocycles. The zero-order valence-corrected chi connectivity index (χ0v) is 14.1. The van der Waals surface area contributed by atoms with Crippen molar-refractivity contribution in [2.75, 3.05) is 13.0 Å². The molecule has 2 aromatic carbocycles.